The molecule has 1 aromatic carbocycles. The lowest BCUT2D eigenvalue weighted by Gasteiger charge is -2.41. The molecule has 0 amide bonds. The van der Waals surface area contributed by atoms with E-state index in [9.17, 15) is 0 Å². The molecule has 1 fully saturated rings. The molecule has 2 aliphatic rings. The van der Waals surface area contributed by atoms with Crippen molar-refractivity contribution in [3.05, 3.63) is 52.5 Å². The number of nitrogens with zero attached hydrogens (tertiary/aromatic N) is 2. The van der Waals surface area contributed by atoms with Crippen LogP contribution in [-0.4, -0.2) is 4.57 Å². The van der Waals surface area contributed by atoms with Crippen molar-refractivity contribution in [3.8, 4) is 0 Å². The molecule has 1 spiro atoms. The maximum absolute atomic E-state index is 2.77. The van der Waals surface area contributed by atoms with Crippen LogP contribution >= 0.6 is 11.3 Å². The summed E-state index contributed by atoms with van der Waals surface area (Å²) < 4.78 is 2.30. The minimum absolute atomic E-state index is 0.209. The molecule has 0 N–H and O–H groups in total. The molecule has 1 atom stereocenters. The van der Waals surface area contributed by atoms with Gasteiger partial charge in [-0.15, -0.1) is 11.3 Å². The van der Waals surface area contributed by atoms with Crippen LogP contribution in [-0.2, 0) is 12.6 Å². The average Bonchev–Trinajstić information content (AvgIpc) is 3.29. The van der Waals surface area contributed by atoms with Gasteiger partial charge < -0.3 is 9.47 Å². The highest BCUT2D eigenvalue weighted by Gasteiger charge is 2.52. The van der Waals surface area contributed by atoms with Gasteiger partial charge in [-0.05, 0) is 44.4 Å². The molecule has 0 bridgehead atoms. The van der Waals surface area contributed by atoms with Crippen LogP contribution in [0.3, 0.4) is 0 Å². The average molecular weight is 337 g/mol. The number of anilines is 1. The van der Waals surface area contributed by atoms with Crippen LogP contribution < -0.4 is 4.90 Å². The van der Waals surface area contributed by atoms with E-state index in [1.54, 1.807) is 10.4 Å². The minimum atomic E-state index is 0.209. The summed E-state index contributed by atoms with van der Waals surface area (Å²) in [4.78, 5) is 5.81. The number of aryl methyl sites for hydroxylation is 2. The number of benzene rings is 1. The summed E-state index contributed by atoms with van der Waals surface area (Å²) in [6.07, 6.45) is 7.50. The lowest BCUT2D eigenvalue weighted by Crippen LogP contribution is -2.40. The van der Waals surface area contributed by atoms with E-state index in [-0.39, 0.29) is 5.54 Å². The first kappa shape index (κ1) is 14.6. The van der Waals surface area contributed by atoms with Gasteiger partial charge in [0.1, 0.15) is 4.83 Å². The van der Waals surface area contributed by atoms with E-state index in [0.717, 1.165) is 0 Å². The second-order valence-electron chi connectivity index (χ2n) is 7.56. The van der Waals surface area contributed by atoms with Crippen molar-refractivity contribution in [1.82, 2.24) is 4.57 Å². The third-order valence-electron chi connectivity index (χ3n) is 6.24. The molecule has 124 valence electrons. The Hall–Kier alpha value is -1.74. The molecule has 0 radical (unpaired) electrons. The third-order valence-corrected chi connectivity index (χ3v) is 7.70. The lowest BCUT2D eigenvalue weighted by atomic mass is 9.88. The molecule has 24 heavy (non-hydrogen) atoms. The molecular weight excluding hydrogens is 312 g/mol. The van der Waals surface area contributed by atoms with E-state index in [4.69, 9.17) is 0 Å². The normalized spacial score (nSPS) is 22.0. The van der Waals surface area contributed by atoms with E-state index in [2.05, 4.69) is 66.9 Å². The van der Waals surface area contributed by atoms with Gasteiger partial charge in [0.15, 0.2) is 0 Å². The number of fused-ring (bicyclic) bond motifs is 4. The molecule has 0 saturated heterocycles. The van der Waals surface area contributed by atoms with Crippen molar-refractivity contribution in [3.63, 3.8) is 0 Å². The summed E-state index contributed by atoms with van der Waals surface area (Å²) in [5.74, 6) is 0. The van der Waals surface area contributed by atoms with Gasteiger partial charge in [-0.1, -0.05) is 31.0 Å². The van der Waals surface area contributed by atoms with Crippen LogP contribution in [0, 0.1) is 6.92 Å². The van der Waals surface area contributed by atoms with Gasteiger partial charge in [0.2, 0.25) is 0 Å². The van der Waals surface area contributed by atoms with Gasteiger partial charge in [-0.25, -0.2) is 0 Å². The Kier molecular flexibility index (Phi) is 2.97. The van der Waals surface area contributed by atoms with Crippen LogP contribution in [0.2, 0.25) is 0 Å². The zero-order chi connectivity index (χ0) is 16.5. The maximum Gasteiger partial charge on any atom is 0.103 e. The first-order valence-electron chi connectivity index (χ1n) is 9.07. The molecule has 5 rings (SSSR count). The number of rotatable bonds is 1. The monoisotopic (exact) mass is 336 g/mol. The summed E-state index contributed by atoms with van der Waals surface area (Å²) >= 11 is 2.01. The van der Waals surface area contributed by atoms with Gasteiger partial charge in [-0.3, -0.25) is 0 Å². The van der Waals surface area contributed by atoms with Crippen LogP contribution in [0.5, 0.6) is 0 Å². The van der Waals surface area contributed by atoms with Gasteiger partial charge in [-0.2, -0.15) is 0 Å². The Bertz CT molecular complexity index is 927. The van der Waals surface area contributed by atoms with Crippen molar-refractivity contribution in [2.45, 2.75) is 51.1 Å². The third kappa shape index (κ3) is 1.66. The fourth-order valence-electron chi connectivity index (χ4n) is 5.23. The number of hydrogen-bond acceptors (Lipinski definition) is 2. The molecule has 1 saturated carbocycles. The second-order valence-corrected chi connectivity index (χ2v) is 8.59. The zero-order valence-electron chi connectivity index (χ0n) is 14.7. The molecule has 1 aliphatic carbocycles. The lowest BCUT2D eigenvalue weighted by molar-refractivity contribution is 0.418. The van der Waals surface area contributed by atoms with E-state index < -0.39 is 0 Å². The Morgan fingerprint density at radius 2 is 1.88 bits per heavy atom. The smallest absolute Gasteiger partial charge is 0.103 e. The number of aromatic nitrogens is 1. The maximum atomic E-state index is 2.77. The highest BCUT2D eigenvalue weighted by atomic mass is 32.1. The Balaban J connectivity index is 1.79. The Labute approximate surface area is 147 Å². The molecular formula is C21H24N2S. The molecule has 3 heteroatoms. The fourth-order valence-corrected chi connectivity index (χ4v) is 6.60. The molecule has 2 nitrogen and oxygen atoms in total. The Morgan fingerprint density at radius 1 is 1.12 bits per heavy atom. The molecule has 1 unspecified atom stereocenters. The predicted molar refractivity (Wildman–Crippen MR) is 103 cm³/mol. The number of hydrogen-bond donors (Lipinski definition) is 0. The first-order chi connectivity index (χ1) is 11.6. The quantitative estimate of drug-likeness (QED) is 0.537. The van der Waals surface area contributed by atoms with Crippen LogP contribution in [0.4, 0.5) is 5.69 Å². The van der Waals surface area contributed by atoms with Crippen LogP contribution in [0.25, 0.3) is 10.2 Å². The van der Waals surface area contributed by atoms with Crippen LogP contribution in [0.1, 0.15) is 54.7 Å². The topological polar surface area (TPSA) is 8.17 Å². The molecule has 1 aliphatic heterocycles. The standard InChI is InChI=1S/C21H24N2S/c1-14-8-4-5-9-17(14)23-15(2)19-18(21(23)11-6-7-12-21)16-10-13-22(3)20(16)24-19/h4-5,8-10,13,15H,6-7,11-12H2,1-3H3. The highest BCUT2D eigenvalue weighted by Crippen LogP contribution is 2.60. The molecule has 3 heterocycles. The largest absolute Gasteiger partial charge is 0.354 e. The summed E-state index contributed by atoms with van der Waals surface area (Å²) in [6, 6.07) is 11.8. The SMILES string of the molecule is Cc1ccccc1N1C(C)c2sc3c(ccn3C)c2C12CCCC2. The fraction of sp³-hybridized carbons (Fsp3) is 0.429. The predicted octanol–water partition coefficient (Wildman–Crippen LogP) is 5.90. The Morgan fingerprint density at radius 3 is 2.62 bits per heavy atom. The summed E-state index contributed by atoms with van der Waals surface area (Å²) in [6.45, 7) is 4.67. The van der Waals surface area contributed by atoms with Gasteiger partial charge >= 0.3 is 0 Å². The number of thiophene rings is 1. The molecule has 2 aromatic heterocycles. The van der Waals surface area contributed by atoms with E-state index >= 15 is 0 Å². The minimum Gasteiger partial charge on any atom is -0.354 e. The summed E-state index contributed by atoms with van der Waals surface area (Å²) in [5, 5.41) is 1.50. The van der Waals surface area contributed by atoms with Gasteiger partial charge in [0.05, 0.1) is 11.6 Å². The molecule has 3 aromatic rings. The van der Waals surface area contributed by atoms with Crippen molar-refractivity contribution >= 4 is 27.2 Å². The van der Waals surface area contributed by atoms with Gasteiger partial charge in [0.25, 0.3) is 0 Å². The van der Waals surface area contributed by atoms with E-state index in [1.807, 2.05) is 11.3 Å². The van der Waals surface area contributed by atoms with Crippen molar-refractivity contribution in [1.29, 1.82) is 0 Å². The van der Waals surface area contributed by atoms with E-state index in [0.29, 0.717) is 6.04 Å². The summed E-state index contributed by atoms with van der Waals surface area (Å²) in [5.41, 5.74) is 4.69. The van der Waals surface area contributed by atoms with Crippen LogP contribution in [0.15, 0.2) is 36.5 Å². The van der Waals surface area contributed by atoms with Crippen molar-refractivity contribution in [2.24, 2.45) is 7.05 Å². The number of para-hydroxylation sites is 1. The second kappa shape index (κ2) is 4.89. The van der Waals surface area contributed by atoms with Crippen molar-refractivity contribution < 1.29 is 0 Å². The van der Waals surface area contributed by atoms with E-state index in [1.165, 1.54) is 47.2 Å². The highest BCUT2D eigenvalue weighted by molar-refractivity contribution is 7.19. The first-order valence-corrected chi connectivity index (χ1v) is 9.88. The van der Waals surface area contributed by atoms with Gasteiger partial charge in [0, 0.05) is 34.8 Å². The van der Waals surface area contributed by atoms with Crippen molar-refractivity contribution in [2.75, 3.05) is 4.90 Å². The zero-order valence-corrected chi connectivity index (χ0v) is 15.5. The summed E-state index contributed by atoms with van der Waals surface area (Å²) in [7, 11) is 2.18.